The van der Waals surface area contributed by atoms with Crippen LogP contribution in [-0.4, -0.2) is 38.0 Å². The first kappa shape index (κ1) is 17.4. The van der Waals surface area contributed by atoms with Crippen LogP contribution in [0.1, 0.15) is 11.1 Å². The Labute approximate surface area is 158 Å². The molecule has 2 aromatic rings. The van der Waals surface area contributed by atoms with E-state index < -0.39 is 21.9 Å². The van der Waals surface area contributed by atoms with E-state index in [9.17, 15) is 13.2 Å². The Morgan fingerprint density at radius 3 is 2.35 bits per heavy atom. The van der Waals surface area contributed by atoms with Crippen molar-refractivity contribution in [3.8, 4) is 0 Å². The van der Waals surface area contributed by atoms with Crippen molar-refractivity contribution in [3.63, 3.8) is 0 Å². The fourth-order valence-corrected chi connectivity index (χ4v) is 6.01. The van der Waals surface area contributed by atoms with Gasteiger partial charge in [0.1, 0.15) is 0 Å². The lowest BCUT2D eigenvalue weighted by Gasteiger charge is -2.24. The zero-order valence-electron chi connectivity index (χ0n) is 14.5. The average molecular weight is 391 g/mol. The maximum Gasteiger partial charge on any atom is 0.329 e. The van der Waals surface area contributed by atoms with Crippen LogP contribution in [0.15, 0.2) is 42.5 Å². The van der Waals surface area contributed by atoms with E-state index >= 15 is 0 Å². The molecule has 2 aliphatic heterocycles. The number of rotatable bonds is 2. The fourth-order valence-electron chi connectivity index (χ4n) is 3.91. The summed E-state index contributed by atoms with van der Waals surface area (Å²) in [6, 6.07) is 11.7. The number of anilines is 2. The highest BCUT2D eigenvalue weighted by atomic mass is 35.5. The molecule has 26 heavy (non-hydrogen) atoms. The van der Waals surface area contributed by atoms with Crippen molar-refractivity contribution in [2.24, 2.45) is 0 Å². The molecule has 2 atom stereocenters. The van der Waals surface area contributed by atoms with E-state index in [2.05, 4.69) is 0 Å². The van der Waals surface area contributed by atoms with Gasteiger partial charge in [0.05, 0.1) is 23.6 Å². The second kappa shape index (κ2) is 5.99. The number of carbonyl (C=O) groups excluding carboxylic acids is 1. The molecule has 0 bridgehead atoms. The lowest BCUT2D eigenvalue weighted by atomic mass is 10.1. The van der Waals surface area contributed by atoms with Crippen molar-refractivity contribution < 1.29 is 13.2 Å². The van der Waals surface area contributed by atoms with Gasteiger partial charge in [0.15, 0.2) is 9.84 Å². The molecule has 2 heterocycles. The Balaban J connectivity index is 1.86. The number of nitrogens with zero attached hydrogens (tertiary/aromatic N) is 2. The minimum absolute atomic E-state index is 0.0200. The summed E-state index contributed by atoms with van der Waals surface area (Å²) < 4.78 is 24.7. The summed E-state index contributed by atoms with van der Waals surface area (Å²) in [7, 11) is -3.21. The second-order valence-corrected chi connectivity index (χ2v) is 9.52. The Morgan fingerprint density at radius 2 is 1.65 bits per heavy atom. The van der Waals surface area contributed by atoms with Crippen molar-refractivity contribution in [3.05, 3.63) is 58.6 Å². The number of fused-ring (bicyclic) bond motifs is 1. The molecule has 5 nitrogen and oxygen atoms in total. The van der Waals surface area contributed by atoms with Gasteiger partial charge < -0.3 is 0 Å². The number of amides is 2. The number of carbonyl (C=O) groups is 1. The largest absolute Gasteiger partial charge is 0.329 e. The molecule has 2 amide bonds. The van der Waals surface area contributed by atoms with Crippen LogP contribution in [0.25, 0.3) is 0 Å². The van der Waals surface area contributed by atoms with Gasteiger partial charge in [0.25, 0.3) is 0 Å². The van der Waals surface area contributed by atoms with Crippen molar-refractivity contribution in [1.82, 2.24) is 0 Å². The van der Waals surface area contributed by atoms with Crippen LogP contribution in [0.3, 0.4) is 0 Å². The monoisotopic (exact) mass is 390 g/mol. The molecule has 7 heteroatoms. The van der Waals surface area contributed by atoms with Gasteiger partial charge in [-0.1, -0.05) is 29.8 Å². The molecule has 136 valence electrons. The first-order valence-electron chi connectivity index (χ1n) is 8.43. The van der Waals surface area contributed by atoms with E-state index in [4.69, 9.17) is 11.6 Å². The third-order valence-corrected chi connectivity index (χ3v) is 7.22. The molecule has 2 aliphatic rings. The minimum Gasteiger partial charge on any atom is -0.288 e. The van der Waals surface area contributed by atoms with E-state index in [0.29, 0.717) is 10.7 Å². The van der Waals surface area contributed by atoms with Crippen molar-refractivity contribution >= 4 is 38.8 Å². The summed E-state index contributed by atoms with van der Waals surface area (Å²) in [4.78, 5) is 16.6. The number of benzene rings is 2. The van der Waals surface area contributed by atoms with Gasteiger partial charge in [-0.3, -0.25) is 9.80 Å². The lowest BCUT2D eigenvalue weighted by Crippen LogP contribution is -2.38. The summed E-state index contributed by atoms with van der Waals surface area (Å²) >= 11 is 6.10. The predicted molar refractivity (Wildman–Crippen MR) is 104 cm³/mol. The summed E-state index contributed by atoms with van der Waals surface area (Å²) in [6.07, 6.45) is 0. The molecule has 2 saturated heterocycles. The highest BCUT2D eigenvalue weighted by molar-refractivity contribution is 7.91. The third-order valence-electron chi connectivity index (χ3n) is 5.29. The molecule has 0 aliphatic carbocycles. The summed E-state index contributed by atoms with van der Waals surface area (Å²) in [6.45, 7) is 3.94. The van der Waals surface area contributed by atoms with Crippen LogP contribution in [-0.2, 0) is 9.84 Å². The van der Waals surface area contributed by atoms with Gasteiger partial charge in [-0.05, 0) is 49.2 Å². The van der Waals surface area contributed by atoms with Crippen molar-refractivity contribution in [2.75, 3.05) is 21.3 Å². The van der Waals surface area contributed by atoms with Gasteiger partial charge >= 0.3 is 6.03 Å². The number of sulfone groups is 1. The molecule has 2 unspecified atom stereocenters. The fraction of sp³-hybridized carbons (Fsp3) is 0.316. The van der Waals surface area contributed by atoms with E-state index in [1.807, 2.05) is 32.0 Å². The summed E-state index contributed by atoms with van der Waals surface area (Å²) in [5, 5.41) is 0.512. The molecule has 0 aromatic heterocycles. The van der Waals surface area contributed by atoms with Crippen LogP contribution in [0.5, 0.6) is 0 Å². The molecule has 0 N–H and O–H groups in total. The van der Waals surface area contributed by atoms with Crippen LogP contribution in [0, 0.1) is 13.8 Å². The van der Waals surface area contributed by atoms with Gasteiger partial charge in [0.2, 0.25) is 0 Å². The zero-order valence-corrected chi connectivity index (χ0v) is 16.1. The van der Waals surface area contributed by atoms with E-state index in [0.717, 1.165) is 16.8 Å². The van der Waals surface area contributed by atoms with Crippen LogP contribution < -0.4 is 9.80 Å². The highest BCUT2D eigenvalue weighted by Crippen LogP contribution is 2.39. The molecule has 2 aromatic carbocycles. The van der Waals surface area contributed by atoms with Crippen molar-refractivity contribution in [2.45, 2.75) is 25.9 Å². The van der Waals surface area contributed by atoms with Gasteiger partial charge in [-0.15, -0.1) is 0 Å². The molecule has 4 rings (SSSR count). The molecular formula is C19H19ClN2O3S. The standard InChI is InChI=1S/C19H19ClN2O3S/c1-12-5-3-8-16(13(12)2)22-18-11-26(24,25)10-17(18)21(19(22)23)15-7-4-6-14(20)9-15/h3-9,17-18H,10-11H2,1-2H3. The number of urea groups is 1. The zero-order chi connectivity index (χ0) is 18.6. The SMILES string of the molecule is Cc1cccc(N2C(=O)N(c3cccc(Cl)c3)C3CS(=O)(=O)CC32)c1C. The summed E-state index contributed by atoms with van der Waals surface area (Å²) in [5.74, 6) is -0.0505. The van der Waals surface area contributed by atoms with Crippen LogP contribution in [0.2, 0.25) is 5.02 Å². The molecular weight excluding hydrogens is 372 g/mol. The molecule has 0 saturated carbocycles. The smallest absolute Gasteiger partial charge is 0.288 e. The number of hydrogen-bond acceptors (Lipinski definition) is 3. The predicted octanol–water partition coefficient (Wildman–Crippen LogP) is 3.57. The van der Waals surface area contributed by atoms with Crippen LogP contribution in [0.4, 0.5) is 16.2 Å². The molecule has 2 fully saturated rings. The topological polar surface area (TPSA) is 57.7 Å². The first-order valence-corrected chi connectivity index (χ1v) is 10.6. The lowest BCUT2D eigenvalue weighted by molar-refractivity contribution is 0.255. The maximum absolute atomic E-state index is 13.3. The Hall–Kier alpha value is -2.05. The Kier molecular flexibility index (Phi) is 4.00. The number of aryl methyl sites for hydroxylation is 1. The van der Waals surface area contributed by atoms with E-state index in [1.165, 1.54) is 0 Å². The van der Waals surface area contributed by atoms with Gasteiger partial charge in [0, 0.05) is 16.4 Å². The maximum atomic E-state index is 13.3. The molecule has 0 spiro atoms. The minimum atomic E-state index is -3.21. The normalized spacial score (nSPS) is 24.2. The van der Waals surface area contributed by atoms with Crippen LogP contribution >= 0.6 is 11.6 Å². The number of hydrogen-bond donors (Lipinski definition) is 0. The highest BCUT2D eigenvalue weighted by Gasteiger charge is 2.54. The molecule has 0 radical (unpaired) electrons. The quantitative estimate of drug-likeness (QED) is 0.736. The summed E-state index contributed by atoms with van der Waals surface area (Å²) in [5.41, 5.74) is 3.44. The van der Waals surface area contributed by atoms with E-state index in [-0.39, 0.29) is 17.5 Å². The Morgan fingerprint density at radius 1 is 1.00 bits per heavy atom. The Bertz CT molecular complexity index is 1010. The van der Waals surface area contributed by atoms with Gasteiger partial charge in [-0.25, -0.2) is 13.2 Å². The second-order valence-electron chi connectivity index (χ2n) is 6.93. The van der Waals surface area contributed by atoms with Gasteiger partial charge in [-0.2, -0.15) is 0 Å². The third kappa shape index (κ3) is 2.68. The van der Waals surface area contributed by atoms with E-state index in [1.54, 1.807) is 34.1 Å². The number of halogens is 1. The van der Waals surface area contributed by atoms with Crippen molar-refractivity contribution in [1.29, 1.82) is 0 Å². The average Bonchev–Trinajstić information content (AvgIpc) is 2.99. The first-order chi connectivity index (χ1) is 12.3.